The van der Waals surface area contributed by atoms with E-state index in [0.717, 1.165) is 6.42 Å². The molecule has 0 aliphatic rings. The van der Waals surface area contributed by atoms with Gasteiger partial charge in [0.25, 0.3) is 5.91 Å². The molecule has 0 aliphatic carbocycles. The summed E-state index contributed by atoms with van der Waals surface area (Å²) in [6.45, 7) is 5.93. The molecule has 3 aromatic carbocycles. The van der Waals surface area contributed by atoms with E-state index in [9.17, 15) is 9.59 Å². The fraction of sp³-hybridized carbons (Fsp3) is 0.231. The fourth-order valence-corrected chi connectivity index (χ4v) is 3.19. The molecular formula is C26H28ClN3O3. The van der Waals surface area contributed by atoms with Crippen molar-refractivity contribution in [3.8, 4) is 11.5 Å². The summed E-state index contributed by atoms with van der Waals surface area (Å²) in [7, 11) is 0. The minimum atomic E-state index is -0.323. The second-order valence-electron chi connectivity index (χ2n) is 8.20. The number of para-hydroxylation sites is 3. The molecule has 0 spiro atoms. The van der Waals surface area contributed by atoms with Gasteiger partial charge in [-0.1, -0.05) is 48.9 Å². The van der Waals surface area contributed by atoms with E-state index in [1.165, 1.54) is 0 Å². The van der Waals surface area contributed by atoms with Crippen LogP contribution in [0, 0.1) is 0 Å². The fourth-order valence-electron chi connectivity index (χ4n) is 2.92. The average Bonchev–Trinajstić information content (AvgIpc) is 2.79. The van der Waals surface area contributed by atoms with Crippen LogP contribution in [0.2, 0.25) is 5.02 Å². The third-order valence-electron chi connectivity index (χ3n) is 5.13. The largest absolute Gasteiger partial charge is 0.455 e. The third kappa shape index (κ3) is 6.99. The number of benzene rings is 3. The van der Waals surface area contributed by atoms with E-state index in [-0.39, 0.29) is 23.9 Å². The van der Waals surface area contributed by atoms with Gasteiger partial charge < -0.3 is 20.7 Å². The van der Waals surface area contributed by atoms with Crippen LogP contribution in [0.15, 0.2) is 72.8 Å². The molecule has 0 saturated carbocycles. The first kappa shape index (κ1) is 24.1. The lowest BCUT2D eigenvalue weighted by molar-refractivity contribution is -0.114. The highest BCUT2D eigenvalue weighted by atomic mass is 35.5. The van der Waals surface area contributed by atoms with Crippen molar-refractivity contribution >= 4 is 34.8 Å². The van der Waals surface area contributed by atoms with Crippen LogP contribution in [-0.2, 0) is 4.79 Å². The Labute approximate surface area is 199 Å². The number of carbonyl (C=O) groups excluding carboxylic acids is 2. The molecule has 33 heavy (non-hydrogen) atoms. The summed E-state index contributed by atoms with van der Waals surface area (Å²) in [6, 6.07) is 21.6. The first-order valence-corrected chi connectivity index (χ1v) is 11.1. The zero-order chi connectivity index (χ0) is 23.8. The van der Waals surface area contributed by atoms with Gasteiger partial charge in [-0.2, -0.15) is 0 Å². The van der Waals surface area contributed by atoms with Gasteiger partial charge in [0, 0.05) is 11.2 Å². The van der Waals surface area contributed by atoms with Gasteiger partial charge in [-0.05, 0) is 62.7 Å². The average molecular weight is 466 g/mol. The summed E-state index contributed by atoms with van der Waals surface area (Å²) in [5.74, 6) is 0.747. The summed E-state index contributed by atoms with van der Waals surface area (Å²) in [5.41, 5.74) is 1.27. The van der Waals surface area contributed by atoms with Gasteiger partial charge in [0.05, 0.1) is 22.8 Å². The molecule has 0 bridgehead atoms. The van der Waals surface area contributed by atoms with Crippen LogP contribution in [0.5, 0.6) is 11.5 Å². The van der Waals surface area contributed by atoms with E-state index in [4.69, 9.17) is 16.3 Å². The summed E-state index contributed by atoms with van der Waals surface area (Å²) in [5, 5.41) is 9.16. The number of halogens is 1. The van der Waals surface area contributed by atoms with Crippen LogP contribution >= 0.6 is 11.6 Å². The van der Waals surface area contributed by atoms with Crippen molar-refractivity contribution < 1.29 is 14.3 Å². The maximum Gasteiger partial charge on any atom is 0.253 e. The molecule has 0 heterocycles. The zero-order valence-corrected chi connectivity index (χ0v) is 19.7. The predicted octanol–water partition coefficient (Wildman–Crippen LogP) is 6.10. The molecule has 0 unspecified atom stereocenters. The van der Waals surface area contributed by atoms with Crippen molar-refractivity contribution in [2.75, 3.05) is 17.2 Å². The number of ether oxygens (including phenoxy) is 1. The molecule has 0 radical (unpaired) electrons. The van der Waals surface area contributed by atoms with Crippen molar-refractivity contribution in [2.24, 2.45) is 0 Å². The van der Waals surface area contributed by atoms with Crippen LogP contribution < -0.4 is 20.7 Å². The smallest absolute Gasteiger partial charge is 0.253 e. The van der Waals surface area contributed by atoms with Crippen LogP contribution in [0.3, 0.4) is 0 Å². The number of hydrogen-bond acceptors (Lipinski definition) is 4. The molecule has 0 fully saturated rings. The lowest BCUT2D eigenvalue weighted by atomic mass is 10.0. The Morgan fingerprint density at radius 3 is 2.36 bits per heavy atom. The van der Waals surface area contributed by atoms with Crippen LogP contribution in [0.25, 0.3) is 0 Å². The summed E-state index contributed by atoms with van der Waals surface area (Å²) < 4.78 is 5.88. The van der Waals surface area contributed by atoms with Gasteiger partial charge in [-0.25, -0.2) is 0 Å². The number of amides is 2. The minimum Gasteiger partial charge on any atom is -0.455 e. The highest BCUT2D eigenvalue weighted by molar-refractivity contribution is 6.34. The molecule has 3 N–H and O–H groups in total. The number of anilines is 2. The van der Waals surface area contributed by atoms with Gasteiger partial charge in [-0.15, -0.1) is 0 Å². The molecule has 0 aliphatic heterocycles. The van der Waals surface area contributed by atoms with E-state index in [2.05, 4.69) is 16.0 Å². The van der Waals surface area contributed by atoms with Crippen molar-refractivity contribution in [3.05, 3.63) is 83.4 Å². The van der Waals surface area contributed by atoms with E-state index >= 15 is 0 Å². The zero-order valence-electron chi connectivity index (χ0n) is 18.9. The van der Waals surface area contributed by atoms with Gasteiger partial charge in [0.2, 0.25) is 5.91 Å². The molecule has 172 valence electrons. The Balaban J connectivity index is 1.59. The maximum atomic E-state index is 12.5. The molecule has 0 saturated heterocycles. The van der Waals surface area contributed by atoms with Crippen LogP contribution in [0.1, 0.15) is 37.6 Å². The predicted molar refractivity (Wildman–Crippen MR) is 133 cm³/mol. The first-order chi connectivity index (χ1) is 15.8. The van der Waals surface area contributed by atoms with E-state index in [0.29, 0.717) is 33.5 Å². The maximum absolute atomic E-state index is 12.5. The van der Waals surface area contributed by atoms with E-state index in [1.807, 2.05) is 63.2 Å². The molecule has 7 heteroatoms. The monoisotopic (exact) mass is 465 g/mol. The number of nitrogens with one attached hydrogen (secondary N) is 3. The Bertz CT molecular complexity index is 1120. The topological polar surface area (TPSA) is 79.5 Å². The second kappa shape index (κ2) is 10.9. The summed E-state index contributed by atoms with van der Waals surface area (Å²) in [4.78, 5) is 25.0. The standard InChI is InChI=1S/C26H28ClN3O3/c1-4-26(2,3)30-25(32)20-15-14-18(16-21(20)27)28-17-24(31)29-22-12-8-9-13-23(22)33-19-10-6-5-7-11-19/h5-16,28H,4,17H2,1-3H3,(H,29,31)(H,30,32). The lowest BCUT2D eigenvalue weighted by Gasteiger charge is -2.24. The lowest BCUT2D eigenvalue weighted by Crippen LogP contribution is -2.42. The third-order valence-corrected chi connectivity index (χ3v) is 5.45. The highest BCUT2D eigenvalue weighted by Crippen LogP contribution is 2.29. The minimum absolute atomic E-state index is 0.0183. The molecule has 0 aromatic heterocycles. The van der Waals surface area contributed by atoms with Gasteiger partial charge in [-0.3, -0.25) is 9.59 Å². The van der Waals surface area contributed by atoms with Gasteiger partial charge in [0.1, 0.15) is 5.75 Å². The second-order valence-corrected chi connectivity index (χ2v) is 8.61. The summed E-state index contributed by atoms with van der Waals surface area (Å²) in [6.07, 6.45) is 0.796. The van der Waals surface area contributed by atoms with E-state index < -0.39 is 0 Å². The van der Waals surface area contributed by atoms with Crippen molar-refractivity contribution in [1.82, 2.24) is 5.32 Å². The molecular weight excluding hydrogens is 438 g/mol. The Morgan fingerprint density at radius 1 is 0.970 bits per heavy atom. The first-order valence-electron chi connectivity index (χ1n) is 10.7. The Kier molecular flexibility index (Phi) is 7.96. The SMILES string of the molecule is CCC(C)(C)NC(=O)c1ccc(NCC(=O)Nc2ccccc2Oc2ccccc2)cc1Cl. The van der Waals surface area contributed by atoms with E-state index in [1.54, 1.807) is 30.3 Å². The van der Waals surface area contributed by atoms with Crippen LogP contribution in [-0.4, -0.2) is 23.9 Å². The molecule has 6 nitrogen and oxygen atoms in total. The Hall–Kier alpha value is -3.51. The number of rotatable bonds is 9. The Morgan fingerprint density at radius 2 is 1.67 bits per heavy atom. The number of carbonyl (C=O) groups is 2. The van der Waals surface area contributed by atoms with Gasteiger partial charge in [0.15, 0.2) is 5.75 Å². The quantitative estimate of drug-likeness (QED) is 0.356. The molecule has 3 rings (SSSR count). The molecule has 3 aromatic rings. The van der Waals surface area contributed by atoms with Gasteiger partial charge >= 0.3 is 0 Å². The van der Waals surface area contributed by atoms with Crippen molar-refractivity contribution in [2.45, 2.75) is 32.7 Å². The van der Waals surface area contributed by atoms with Crippen LogP contribution in [0.4, 0.5) is 11.4 Å². The molecule has 2 amide bonds. The molecule has 0 atom stereocenters. The van der Waals surface area contributed by atoms with Crippen molar-refractivity contribution in [3.63, 3.8) is 0 Å². The highest BCUT2D eigenvalue weighted by Gasteiger charge is 2.20. The summed E-state index contributed by atoms with van der Waals surface area (Å²) >= 11 is 6.32. The normalized spacial score (nSPS) is 10.9. The number of hydrogen-bond donors (Lipinski definition) is 3. The van der Waals surface area contributed by atoms with Crippen molar-refractivity contribution in [1.29, 1.82) is 0 Å².